The summed E-state index contributed by atoms with van der Waals surface area (Å²) in [5.41, 5.74) is 0.974. The first-order chi connectivity index (χ1) is 13.0. The topological polar surface area (TPSA) is 71.1 Å². The zero-order valence-electron chi connectivity index (χ0n) is 14.1. The van der Waals surface area contributed by atoms with E-state index in [0.717, 1.165) is 12.1 Å². The van der Waals surface area contributed by atoms with Gasteiger partial charge in [-0.1, -0.05) is 18.2 Å². The van der Waals surface area contributed by atoms with E-state index in [1.807, 2.05) is 0 Å². The first-order valence-electron chi connectivity index (χ1n) is 8.07. The molecule has 0 unspecified atom stereocenters. The van der Waals surface area contributed by atoms with Crippen LogP contribution < -0.4 is 10.6 Å². The van der Waals surface area contributed by atoms with Crippen LogP contribution in [0.5, 0.6) is 0 Å². The number of rotatable bonds is 5. The maximum atomic E-state index is 13.6. The van der Waals surface area contributed by atoms with Gasteiger partial charge in [-0.05, 0) is 48.0 Å². The van der Waals surface area contributed by atoms with Crippen molar-refractivity contribution in [1.82, 2.24) is 4.98 Å². The number of nitrogens with zero attached hydrogens (tertiary/aromatic N) is 1. The third-order valence-electron chi connectivity index (χ3n) is 3.66. The lowest BCUT2D eigenvalue weighted by molar-refractivity contribution is -0.115. The van der Waals surface area contributed by atoms with Gasteiger partial charge in [-0.15, -0.1) is 0 Å². The number of anilines is 2. The SMILES string of the molecule is O=C(Cc1cccc(F)c1)Nc1cc(F)ccc1NC(=O)c1ccccn1. The van der Waals surface area contributed by atoms with Crippen molar-refractivity contribution >= 4 is 23.2 Å². The molecule has 0 aliphatic heterocycles. The van der Waals surface area contributed by atoms with Gasteiger partial charge in [0.25, 0.3) is 5.91 Å². The van der Waals surface area contributed by atoms with Crippen LogP contribution in [0.15, 0.2) is 66.9 Å². The summed E-state index contributed by atoms with van der Waals surface area (Å²) in [7, 11) is 0. The zero-order valence-corrected chi connectivity index (χ0v) is 14.1. The molecule has 0 radical (unpaired) electrons. The molecule has 7 heteroatoms. The van der Waals surface area contributed by atoms with Crippen molar-refractivity contribution in [2.24, 2.45) is 0 Å². The van der Waals surface area contributed by atoms with Gasteiger partial charge >= 0.3 is 0 Å². The largest absolute Gasteiger partial charge is 0.324 e. The Balaban J connectivity index is 1.75. The molecular formula is C20H15F2N3O2. The van der Waals surface area contributed by atoms with Crippen LogP contribution in [0.25, 0.3) is 0 Å². The van der Waals surface area contributed by atoms with Crippen molar-refractivity contribution in [2.45, 2.75) is 6.42 Å². The molecule has 0 atom stereocenters. The summed E-state index contributed by atoms with van der Waals surface area (Å²) in [6, 6.07) is 14.1. The highest BCUT2D eigenvalue weighted by atomic mass is 19.1. The highest BCUT2D eigenvalue weighted by Gasteiger charge is 2.13. The minimum atomic E-state index is -0.577. The normalized spacial score (nSPS) is 10.3. The van der Waals surface area contributed by atoms with Crippen LogP contribution in [0.3, 0.4) is 0 Å². The lowest BCUT2D eigenvalue weighted by Crippen LogP contribution is -2.18. The number of pyridine rings is 1. The molecule has 3 aromatic rings. The maximum Gasteiger partial charge on any atom is 0.274 e. The van der Waals surface area contributed by atoms with Crippen molar-refractivity contribution < 1.29 is 18.4 Å². The molecule has 0 saturated heterocycles. The highest BCUT2D eigenvalue weighted by Crippen LogP contribution is 2.23. The number of hydrogen-bond acceptors (Lipinski definition) is 3. The van der Waals surface area contributed by atoms with Crippen LogP contribution >= 0.6 is 0 Å². The Hall–Kier alpha value is -3.61. The first kappa shape index (κ1) is 18.2. The van der Waals surface area contributed by atoms with Gasteiger partial charge in [-0.25, -0.2) is 8.78 Å². The first-order valence-corrected chi connectivity index (χ1v) is 8.07. The van der Waals surface area contributed by atoms with E-state index in [4.69, 9.17) is 0 Å². The molecule has 0 spiro atoms. The summed E-state index contributed by atoms with van der Waals surface area (Å²) < 4.78 is 26.8. The van der Waals surface area contributed by atoms with Crippen molar-refractivity contribution in [2.75, 3.05) is 10.6 Å². The third kappa shape index (κ3) is 4.94. The molecule has 2 N–H and O–H groups in total. The zero-order chi connectivity index (χ0) is 19.2. The second-order valence-electron chi connectivity index (χ2n) is 5.71. The van der Waals surface area contributed by atoms with Gasteiger partial charge in [-0.2, -0.15) is 0 Å². The smallest absolute Gasteiger partial charge is 0.274 e. The van der Waals surface area contributed by atoms with Gasteiger partial charge in [0.05, 0.1) is 17.8 Å². The molecule has 136 valence electrons. The number of benzene rings is 2. The lowest BCUT2D eigenvalue weighted by Gasteiger charge is -2.12. The molecule has 1 aromatic heterocycles. The predicted octanol–water partition coefficient (Wildman–Crippen LogP) is 3.79. The maximum absolute atomic E-state index is 13.6. The van der Waals surface area contributed by atoms with Crippen LogP contribution in [-0.4, -0.2) is 16.8 Å². The van der Waals surface area contributed by atoms with E-state index < -0.39 is 23.4 Å². The monoisotopic (exact) mass is 367 g/mol. The fourth-order valence-electron chi connectivity index (χ4n) is 2.44. The lowest BCUT2D eigenvalue weighted by atomic mass is 10.1. The summed E-state index contributed by atoms with van der Waals surface area (Å²) in [5, 5.41) is 5.13. The number of aromatic nitrogens is 1. The molecule has 3 rings (SSSR count). The van der Waals surface area contributed by atoms with Gasteiger partial charge in [0.15, 0.2) is 0 Å². The van der Waals surface area contributed by atoms with Crippen LogP contribution in [0.2, 0.25) is 0 Å². The highest BCUT2D eigenvalue weighted by molar-refractivity contribution is 6.06. The van der Waals surface area contributed by atoms with Crippen molar-refractivity contribution in [1.29, 1.82) is 0 Å². The van der Waals surface area contributed by atoms with Crippen LogP contribution in [0.1, 0.15) is 16.1 Å². The van der Waals surface area contributed by atoms with Gasteiger partial charge in [0, 0.05) is 6.20 Å². The van der Waals surface area contributed by atoms with E-state index in [1.165, 1.54) is 36.5 Å². The quantitative estimate of drug-likeness (QED) is 0.721. The molecule has 0 saturated carbocycles. The molecule has 27 heavy (non-hydrogen) atoms. The molecular weight excluding hydrogens is 352 g/mol. The number of carbonyl (C=O) groups excluding carboxylic acids is 2. The van der Waals surface area contributed by atoms with Gasteiger partial charge < -0.3 is 10.6 Å². The summed E-state index contributed by atoms with van der Waals surface area (Å²) in [6.07, 6.45) is 1.38. The van der Waals surface area contributed by atoms with E-state index >= 15 is 0 Å². The molecule has 2 aromatic carbocycles. The number of halogens is 2. The summed E-state index contributed by atoms with van der Waals surface area (Å²) in [4.78, 5) is 28.4. The Labute approximate surface area is 154 Å². The fourth-order valence-corrected chi connectivity index (χ4v) is 2.44. The Kier molecular flexibility index (Phi) is 5.51. The number of amides is 2. The number of nitrogens with one attached hydrogen (secondary N) is 2. The molecule has 1 heterocycles. The second-order valence-corrected chi connectivity index (χ2v) is 5.71. The molecule has 0 aliphatic rings. The molecule has 2 amide bonds. The Morgan fingerprint density at radius 3 is 2.41 bits per heavy atom. The minimum Gasteiger partial charge on any atom is -0.324 e. The Morgan fingerprint density at radius 1 is 0.852 bits per heavy atom. The van der Waals surface area contributed by atoms with Crippen LogP contribution in [0, 0.1) is 11.6 Å². The van der Waals surface area contributed by atoms with Crippen molar-refractivity contribution in [3.05, 3.63) is 89.8 Å². The molecule has 5 nitrogen and oxygen atoms in total. The average molecular weight is 367 g/mol. The molecule has 0 aliphatic carbocycles. The standard InChI is InChI=1S/C20H15F2N3O2/c21-14-5-3-4-13(10-14)11-19(26)24-18-12-15(22)7-8-16(18)25-20(27)17-6-1-2-9-23-17/h1-10,12H,11H2,(H,24,26)(H,25,27). The minimum absolute atomic E-state index is 0.0953. The van der Waals surface area contributed by atoms with Crippen LogP contribution in [-0.2, 0) is 11.2 Å². The van der Waals surface area contributed by atoms with Crippen molar-refractivity contribution in [3.63, 3.8) is 0 Å². The average Bonchev–Trinajstić information content (AvgIpc) is 2.64. The van der Waals surface area contributed by atoms with E-state index in [2.05, 4.69) is 15.6 Å². The predicted molar refractivity (Wildman–Crippen MR) is 97.3 cm³/mol. The Bertz CT molecular complexity index is 978. The molecule has 0 fully saturated rings. The second kappa shape index (κ2) is 8.18. The van der Waals surface area contributed by atoms with Crippen molar-refractivity contribution in [3.8, 4) is 0 Å². The van der Waals surface area contributed by atoms with Gasteiger partial charge in [0.1, 0.15) is 17.3 Å². The third-order valence-corrected chi connectivity index (χ3v) is 3.66. The summed E-state index contributed by atoms with van der Waals surface area (Å²) >= 11 is 0. The van der Waals surface area contributed by atoms with Crippen LogP contribution in [0.4, 0.5) is 20.2 Å². The van der Waals surface area contributed by atoms with E-state index in [9.17, 15) is 18.4 Å². The van der Waals surface area contributed by atoms with Gasteiger partial charge in [0.2, 0.25) is 5.91 Å². The van der Waals surface area contributed by atoms with Gasteiger partial charge in [-0.3, -0.25) is 14.6 Å². The summed E-state index contributed by atoms with van der Waals surface area (Å²) in [6.45, 7) is 0. The van der Waals surface area contributed by atoms with E-state index in [0.29, 0.717) is 5.56 Å². The fraction of sp³-hybridized carbons (Fsp3) is 0.0500. The molecule has 0 bridgehead atoms. The number of hydrogen-bond donors (Lipinski definition) is 2. The Morgan fingerprint density at radius 2 is 1.67 bits per heavy atom. The van der Waals surface area contributed by atoms with E-state index in [-0.39, 0.29) is 23.5 Å². The number of carbonyl (C=O) groups is 2. The van der Waals surface area contributed by atoms with E-state index in [1.54, 1.807) is 18.2 Å². The summed E-state index contributed by atoms with van der Waals surface area (Å²) in [5.74, 6) is -2.00.